The molecule has 1 aliphatic rings. The molecule has 2 unspecified atom stereocenters. The van der Waals surface area contributed by atoms with Crippen LogP contribution in [0.2, 0.25) is 0 Å². The lowest BCUT2D eigenvalue weighted by Crippen LogP contribution is -2.28. The molecule has 1 aromatic carbocycles. The summed E-state index contributed by atoms with van der Waals surface area (Å²) in [6, 6.07) is 4.02. The second kappa shape index (κ2) is 6.01. The van der Waals surface area contributed by atoms with Crippen LogP contribution in [0.25, 0.3) is 0 Å². The minimum absolute atomic E-state index is 0.00984. The van der Waals surface area contributed by atoms with Crippen molar-refractivity contribution in [3.05, 3.63) is 29.3 Å². The van der Waals surface area contributed by atoms with Gasteiger partial charge in [0.25, 0.3) is 0 Å². The van der Waals surface area contributed by atoms with Crippen molar-refractivity contribution in [3.63, 3.8) is 0 Å². The highest BCUT2D eigenvalue weighted by Crippen LogP contribution is 2.30. The van der Waals surface area contributed by atoms with E-state index in [1.54, 1.807) is 6.07 Å². The van der Waals surface area contributed by atoms with E-state index in [-0.39, 0.29) is 17.3 Å². The fraction of sp³-hybridized carbons (Fsp3) is 0.533. The molecule has 2 atom stereocenters. The quantitative estimate of drug-likeness (QED) is 0.887. The molecule has 0 amide bonds. The number of nitrogens with zero attached hydrogens (tertiary/aromatic N) is 1. The fourth-order valence-corrected chi connectivity index (χ4v) is 2.77. The van der Waals surface area contributed by atoms with Gasteiger partial charge in [-0.1, -0.05) is 26.2 Å². The molecule has 0 heterocycles. The van der Waals surface area contributed by atoms with Gasteiger partial charge in [-0.05, 0) is 30.9 Å². The summed E-state index contributed by atoms with van der Waals surface area (Å²) >= 11 is 0. The van der Waals surface area contributed by atoms with Crippen molar-refractivity contribution in [1.29, 1.82) is 5.26 Å². The molecule has 19 heavy (non-hydrogen) atoms. The second-order valence-electron chi connectivity index (χ2n) is 5.21. The van der Waals surface area contributed by atoms with E-state index in [0.717, 1.165) is 37.8 Å². The first kappa shape index (κ1) is 13.8. The van der Waals surface area contributed by atoms with Crippen molar-refractivity contribution in [1.82, 2.24) is 0 Å². The van der Waals surface area contributed by atoms with Crippen LogP contribution in [0, 0.1) is 28.9 Å². The number of nitrogens with one attached hydrogen (secondary N) is 1. The minimum atomic E-state index is -0.685. The van der Waals surface area contributed by atoms with Gasteiger partial charge in [-0.25, -0.2) is 8.78 Å². The normalized spacial score (nSPS) is 22.8. The maximum Gasteiger partial charge on any atom is 0.150 e. The van der Waals surface area contributed by atoms with Gasteiger partial charge >= 0.3 is 0 Å². The monoisotopic (exact) mass is 264 g/mol. The number of anilines is 1. The maximum absolute atomic E-state index is 13.8. The molecule has 102 valence electrons. The van der Waals surface area contributed by atoms with E-state index in [4.69, 9.17) is 5.26 Å². The second-order valence-corrected chi connectivity index (χ2v) is 5.21. The Kier molecular flexibility index (Phi) is 4.36. The smallest absolute Gasteiger partial charge is 0.150 e. The molecular formula is C15H18F2N2. The maximum atomic E-state index is 13.8. The summed E-state index contributed by atoms with van der Waals surface area (Å²) in [5.41, 5.74) is -0.0867. The van der Waals surface area contributed by atoms with Crippen molar-refractivity contribution in [2.24, 2.45) is 5.92 Å². The van der Waals surface area contributed by atoms with E-state index in [0.29, 0.717) is 5.92 Å². The van der Waals surface area contributed by atoms with Crippen molar-refractivity contribution >= 4 is 5.69 Å². The molecule has 0 aliphatic heterocycles. The number of nitriles is 1. The third kappa shape index (κ3) is 3.23. The van der Waals surface area contributed by atoms with E-state index >= 15 is 0 Å². The molecule has 1 aromatic rings. The van der Waals surface area contributed by atoms with Crippen LogP contribution in [-0.4, -0.2) is 6.04 Å². The van der Waals surface area contributed by atoms with Crippen LogP contribution >= 0.6 is 0 Å². The number of benzene rings is 1. The summed E-state index contributed by atoms with van der Waals surface area (Å²) in [7, 11) is 0. The minimum Gasteiger partial charge on any atom is -0.378 e. The molecule has 0 aromatic heterocycles. The molecule has 0 spiro atoms. The van der Waals surface area contributed by atoms with Gasteiger partial charge in [0.1, 0.15) is 5.69 Å². The SMILES string of the molecule is CCC1CCCC(Nc2c(F)cc(C#N)cc2F)C1. The third-order valence-corrected chi connectivity index (χ3v) is 3.88. The molecule has 1 saturated carbocycles. The van der Waals surface area contributed by atoms with Crippen LogP contribution in [-0.2, 0) is 0 Å². The molecule has 2 rings (SSSR count). The van der Waals surface area contributed by atoms with Crippen LogP contribution in [0.1, 0.15) is 44.6 Å². The Morgan fingerprint density at radius 1 is 1.32 bits per heavy atom. The van der Waals surface area contributed by atoms with Crippen molar-refractivity contribution in [2.45, 2.75) is 45.1 Å². The number of halogens is 2. The highest BCUT2D eigenvalue weighted by molar-refractivity contribution is 5.51. The van der Waals surface area contributed by atoms with E-state index in [1.807, 2.05) is 0 Å². The Bertz CT molecular complexity index is 470. The van der Waals surface area contributed by atoms with Gasteiger partial charge in [0.05, 0.1) is 11.6 Å². The van der Waals surface area contributed by atoms with Crippen LogP contribution in [0.15, 0.2) is 12.1 Å². The first-order chi connectivity index (χ1) is 9.13. The summed E-state index contributed by atoms with van der Waals surface area (Å²) in [5.74, 6) is -0.735. The lowest BCUT2D eigenvalue weighted by molar-refractivity contribution is 0.326. The van der Waals surface area contributed by atoms with Gasteiger partial charge in [0.2, 0.25) is 0 Å². The van der Waals surface area contributed by atoms with E-state index in [9.17, 15) is 8.78 Å². The predicted molar refractivity (Wildman–Crippen MR) is 70.7 cm³/mol. The first-order valence-electron chi connectivity index (χ1n) is 6.79. The Hall–Kier alpha value is -1.63. The molecule has 4 heteroatoms. The fourth-order valence-electron chi connectivity index (χ4n) is 2.77. The van der Waals surface area contributed by atoms with Gasteiger partial charge in [0.15, 0.2) is 11.6 Å². The Morgan fingerprint density at radius 3 is 2.58 bits per heavy atom. The topological polar surface area (TPSA) is 35.8 Å². The zero-order valence-electron chi connectivity index (χ0n) is 11.0. The van der Waals surface area contributed by atoms with Crippen LogP contribution in [0.3, 0.4) is 0 Å². The third-order valence-electron chi connectivity index (χ3n) is 3.88. The summed E-state index contributed by atoms with van der Waals surface area (Å²) in [6.07, 6.45) is 5.30. The predicted octanol–water partition coefficient (Wildman–Crippen LogP) is 4.22. The number of hydrogen-bond donors (Lipinski definition) is 1. The first-order valence-corrected chi connectivity index (χ1v) is 6.79. The van der Waals surface area contributed by atoms with E-state index in [1.165, 1.54) is 6.42 Å². The van der Waals surface area contributed by atoms with E-state index < -0.39 is 11.6 Å². The Labute approximate surface area is 112 Å². The van der Waals surface area contributed by atoms with Gasteiger partial charge in [-0.15, -0.1) is 0 Å². The molecule has 0 radical (unpaired) electrons. The van der Waals surface area contributed by atoms with Crippen LogP contribution in [0.5, 0.6) is 0 Å². The molecular weight excluding hydrogens is 246 g/mol. The highest BCUT2D eigenvalue weighted by Gasteiger charge is 2.22. The van der Waals surface area contributed by atoms with Gasteiger partial charge in [-0.2, -0.15) is 5.26 Å². The zero-order valence-corrected chi connectivity index (χ0v) is 11.0. The molecule has 1 fully saturated rings. The Balaban J connectivity index is 2.13. The molecule has 2 nitrogen and oxygen atoms in total. The standard InChI is InChI=1S/C15H18F2N2/c1-2-10-4-3-5-12(6-10)19-15-13(16)7-11(9-18)8-14(15)17/h7-8,10,12,19H,2-6H2,1H3. The molecule has 1 aliphatic carbocycles. The van der Waals surface area contributed by atoms with Crippen LogP contribution in [0.4, 0.5) is 14.5 Å². The van der Waals surface area contributed by atoms with E-state index in [2.05, 4.69) is 12.2 Å². The van der Waals surface area contributed by atoms with Gasteiger partial charge in [0, 0.05) is 6.04 Å². The average molecular weight is 264 g/mol. The lowest BCUT2D eigenvalue weighted by Gasteiger charge is -2.30. The largest absolute Gasteiger partial charge is 0.378 e. The summed E-state index contributed by atoms with van der Waals surface area (Å²) in [4.78, 5) is 0. The molecule has 0 saturated heterocycles. The average Bonchev–Trinajstić information content (AvgIpc) is 2.42. The summed E-state index contributed by atoms with van der Waals surface area (Å²) in [6.45, 7) is 2.15. The number of rotatable bonds is 3. The molecule has 1 N–H and O–H groups in total. The lowest BCUT2D eigenvalue weighted by atomic mass is 9.84. The zero-order chi connectivity index (χ0) is 13.8. The molecule has 0 bridgehead atoms. The summed E-state index contributed by atoms with van der Waals surface area (Å²) in [5, 5.41) is 11.6. The van der Waals surface area contributed by atoms with Crippen molar-refractivity contribution < 1.29 is 8.78 Å². The Morgan fingerprint density at radius 2 is 2.00 bits per heavy atom. The van der Waals surface area contributed by atoms with Crippen molar-refractivity contribution in [3.8, 4) is 6.07 Å². The van der Waals surface area contributed by atoms with Crippen molar-refractivity contribution in [2.75, 3.05) is 5.32 Å². The van der Waals surface area contributed by atoms with Crippen LogP contribution < -0.4 is 5.32 Å². The summed E-state index contributed by atoms with van der Waals surface area (Å²) < 4.78 is 27.6. The van der Waals surface area contributed by atoms with Gasteiger partial charge in [-0.3, -0.25) is 0 Å². The number of hydrogen-bond acceptors (Lipinski definition) is 2. The van der Waals surface area contributed by atoms with Gasteiger partial charge < -0.3 is 5.32 Å². The highest BCUT2D eigenvalue weighted by atomic mass is 19.1.